The van der Waals surface area contributed by atoms with Crippen LogP contribution in [0.5, 0.6) is 0 Å². The number of aryl methyl sites for hydroxylation is 2. The number of aromatic nitrogens is 6. The number of halogens is 1. The van der Waals surface area contributed by atoms with E-state index in [2.05, 4.69) is 40.8 Å². The molecule has 1 aromatic carbocycles. The Bertz CT molecular complexity index is 1580. The van der Waals surface area contributed by atoms with Crippen molar-refractivity contribution < 1.29 is 9.18 Å². The second kappa shape index (κ2) is 10.6. The summed E-state index contributed by atoms with van der Waals surface area (Å²) in [6.07, 6.45) is 3.08. The van der Waals surface area contributed by atoms with E-state index in [4.69, 9.17) is 0 Å². The Hall–Kier alpha value is -4.99. The topological polar surface area (TPSA) is 121 Å². The van der Waals surface area contributed by atoms with Crippen LogP contribution in [0.4, 0.5) is 16.0 Å². The maximum atomic E-state index is 15.0. The summed E-state index contributed by atoms with van der Waals surface area (Å²) in [5.41, 5.74) is 4.22. The second-order valence-electron chi connectivity index (χ2n) is 8.87. The first kappa shape index (κ1) is 24.7. The van der Waals surface area contributed by atoms with E-state index >= 15 is 4.39 Å². The third-order valence-electron chi connectivity index (χ3n) is 5.83. The van der Waals surface area contributed by atoms with Gasteiger partial charge in [0.05, 0.1) is 11.7 Å². The molecular formula is C28H25FN8O. The van der Waals surface area contributed by atoms with Crippen LogP contribution in [0, 0.1) is 19.7 Å². The second-order valence-corrected chi connectivity index (χ2v) is 8.87. The fourth-order valence-electron chi connectivity index (χ4n) is 3.89. The first-order valence-corrected chi connectivity index (χ1v) is 12.0. The Morgan fingerprint density at radius 1 is 0.921 bits per heavy atom. The highest BCUT2D eigenvalue weighted by molar-refractivity contribution is 5.93. The van der Waals surface area contributed by atoms with E-state index in [9.17, 15) is 4.79 Å². The highest BCUT2D eigenvalue weighted by atomic mass is 19.1. The van der Waals surface area contributed by atoms with Gasteiger partial charge in [-0.1, -0.05) is 36.4 Å². The number of nitrogens with zero attached hydrogens (tertiary/aromatic N) is 5. The quantitative estimate of drug-likeness (QED) is 0.272. The summed E-state index contributed by atoms with van der Waals surface area (Å²) in [5.74, 6) is -0.0256. The number of nitrogens with one attached hydrogen (secondary N) is 3. The van der Waals surface area contributed by atoms with Crippen molar-refractivity contribution in [3.8, 4) is 22.6 Å². The van der Waals surface area contributed by atoms with Gasteiger partial charge in [-0.15, -0.1) is 0 Å². The molecule has 4 aromatic heterocycles. The van der Waals surface area contributed by atoms with E-state index in [1.807, 2.05) is 55.5 Å². The lowest BCUT2D eigenvalue weighted by Crippen LogP contribution is -2.28. The number of hydrogen-bond donors (Lipinski definition) is 3. The van der Waals surface area contributed by atoms with Crippen LogP contribution < -0.4 is 10.6 Å². The smallest absolute Gasteiger partial charge is 0.273 e. The van der Waals surface area contributed by atoms with Gasteiger partial charge in [0.15, 0.2) is 23.2 Å². The molecule has 0 spiro atoms. The van der Waals surface area contributed by atoms with Gasteiger partial charge < -0.3 is 10.6 Å². The van der Waals surface area contributed by atoms with E-state index in [1.54, 1.807) is 26.1 Å². The predicted octanol–water partition coefficient (Wildman–Crippen LogP) is 5.31. The molecule has 5 aromatic rings. The van der Waals surface area contributed by atoms with Gasteiger partial charge in [-0.3, -0.25) is 14.9 Å². The Kier molecular flexibility index (Phi) is 6.86. The van der Waals surface area contributed by atoms with Gasteiger partial charge in [0, 0.05) is 47.0 Å². The monoisotopic (exact) mass is 508 g/mol. The number of hydrogen-bond acceptors (Lipinski definition) is 7. The molecule has 1 amide bonds. The normalized spacial score (nSPS) is 11.7. The number of pyridine rings is 2. The van der Waals surface area contributed by atoms with Crippen LogP contribution in [0.15, 0.2) is 73.1 Å². The standard InChI is InChI=1S/C28H25FN8O/c1-16-11-24(34-25-12-17(2)36-37-25)35-27(32-16)21-13-22(29)26(31-15-21)28(38)33-18(3)20-9-10-23(30-14-20)19-7-5-4-6-8-19/h4-15,18H,1-3H3,(H,33,38)(H2,32,34,35,36,37). The Labute approximate surface area is 218 Å². The first-order valence-electron chi connectivity index (χ1n) is 12.0. The number of aromatic amines is 1. The fraction of sp³-hybridized carbons (Fsp3) is 0.143. The van der Waals surface area contributed by atoms with Gasteiger partial charge >= 0.3 is 0 Å². The Morgan fingerprint density at radius 3 is 2.42 bits per heavy atom. The first-order chi connectivity index (χ1) is 18.4. The van der Waals surface area contributed by atoms with Gasteiger partial charge in [0.1, 0.15) is 5.82 Å². The predicted molar refractivity (Wildman–Crippen MR) is 142 cm³/mol. The molecule has 190 valence electrons. The van der Waals surface area contributed by atoms with E-state index in [0.717, 1.165) is 22.5 Å². The minimum Gasteiger partial charge on any atom is -0.344 e. The summed E-state index contributed by atoms with van der Waals surface area (Å²) >= 11 is 0. The summed E-state index contributed by atoms with van der Waals surface area (Å²) in [5, 5.41) is 12.9. The number of carbonyl (C=O) groups excluding carboxylic acids is 1. The summed E-state index contributed by atoms with van der Waals surface area (Å²) in [6, 6.07) is 18.0. The lowest BCUT2D eigenvalue weighted by molar-refractivity contribution is 0.0930. The molecule has 9 nitrogen and oxygen atoms in total. The molecule has 0 saturated carbocycles. The molecule has 0 bridgehead atoms. The third kappa shape index (κ3) is 5.54. The number of carbonyl (C=O) groups is 1. The van der Waals surface area contributed by atoms with Crippen LogP contribution in [-0.2, 0) is 0 Å². The van der Waals surface area contributed by atoms with Gasteiger partial charge in [0.25, 0.3) is 5.91 Å². The molecule has 38 heavy (non-hydrogen) atoms. The molecule has 0 radical (unpaired) electrons. The Morgan fingerprint density at radius 2 is 1.74 bits per heavy atom. The highest BCUT2D eigenvalue weighted by Gasteiger charge is 2.19. The van der Waals surface area contributed by atoms with Gasteiger partial charge in [-0.2, -0.15) is 5.10 Å². The zero-order valence-corrected chi connectivity index (χ0v) is 21.0. The number of benzene rings is 1. The van der Waals surface area contributed by atoms with Gasteiger partial charge in [-0.25, -0.2) is 19.3 Å². The number of amides is 1. The lowest BCUT2D eigenvalue weighted by atomic mass is 10.1. The zero-order chi connectivity index (χ0) is 26.6. The van der Waals surface area contributed by atoms with Crippen LogP contribution in [-0.4, -0.2) is 36.0 Å². The van der Waals surface area contributed by atoms with E-state index < -0.39 is 17.8 Å². The van der Waals surface area contributed by atoms with Crippen molar-refractivity contribution in [3.05, 3.63) is 102 Å². The van der Waals surface area contributed by atoms with Crippen molar-refractivity contribution >= 4 is 17.5 Å². The Balaban J connectivity index is 1.29. The molecule has 0 saturated heterocycles. The van der Waals surface area contributed by atoms with Crippen molar-refractivity contribution in [2.75, 3.05) is 5.32 Å². The molecule has 10 heteroatoms. The third-order valence-corrected chi connectivity index (χ3v) is 5.83. The van der Waals surface area contributed by atoms with E-state index in [1.165, 1.54) is 12.3 Å². The molecule has 1 unspecified atom stereocenters. The fourth-order valence-corrected chi connectivity index (χ4v) is 3.89. The zero-order valence-electron chi connectivity index (χ0n) is 21.0. The van der Waals surface area contributed by atoms with Crippen molar-refractivity contribution in [1.82, 2.24) is 35.5 Å². The SMILES string of the molecule is Cc1cc(Nc2cc(C)[nH]n2)nc(-c2cnc(C(=O)NC(C)c3ccc(-c4ccccc4)nc3)c(F)c2)n1. The van der Waals surface area contributed by atoms with Gasteiger partial charge in [0.2, 0.25) is 0 Å². The van der Waals surface area contributed by atoms with Crippen molar-refractivity contribution in [2.45, 2.75) is 26.8 Å². The summed E-state index contributed by atoms with van der Waals surface area (Å²) in [7, 11) is 0. The molecule has 0 fully saturated rings. The van der Waals surface area contributed by atoms with E-state index in [0.29, 0.717) is 22.9 Å². The number of H-pyrrole nitrogens is 1. The molecule has 0 aliphatic carbocycles. The van der Waals surface area contributed by atoms with Crippen LogP contribution in [0.2, 0.25) is 0 Å². The minimum atomic E-state index is -0.771. The van der Waals surface area contributed by atoms with E-state index in [-0.39, 0.29) is 11.5 Å². The van der Waals surface area contributed by atoms with Crippen LogP contribution in [0.3, 0.4) is 0 Å². The van der Waals surface area contributed by atoms with Crippen LogP contribution in [0.25, 0.3) is 22.6 Å². The molecule has 1 atom stereocenters. The summed E-state index contributed by atoms with van der Waals surface area (Å²) in [4.78, 5) is 30.2. The molecule has 3 N–H and O–H groups in total. The molecule has 4 heterocycles. The van der Waals surface area contributed by atoms with Crippen molar-refractivity contribution in [1.29, 1.82) is 0 Å². The number of anilines is 2. The van der Waals surface area contributed by atoms with Gasteiger partial charge in [-0.05, 0) is 38.5 Å². The average molecular weight is 509 g/mol. The molecule has 5 rings (SSSR count). The molecular weight excluding hydrogens is 483 g/mol. The summed E-state index contributed by atoms with van der Waals surface area (Å²) < 4.78 is 15.0. The maximum Gasteiger partial charge on any atom is 0.273 e. The lowest BCUT2D eigenvalue weighted by Gasteiger charge is -2.15. The maximum absolute atomic E-state index is 15.0. The van der Waals surface area contributed by atoms with Crippen molar-refractivity contribution in [2.24, 2.45) is 0 Å². The highest BCUT2D eigenvalue weighted by Crippen LogP contribution is 2.23. The molecule has 0 aliphatic heterocycles. The van der Waals surface area contributed by atoms with Crippen molar-refractivity contribution in [3.63, 3.8) is 0 Å². The summed E-state index contributed by atoms with van der Waals surface area (Å²) in [6.45, 7) is 5.50. The molecule has 0 aliphatic rings. The van der Waals surface area contributed by atoms with Crippen LogP contribution in [0.1, 0.15) is 40.4 Å². The minimum absolute atomic E-state index is 0.274. The van der Waals surface area contributed by atoms with Crippen LogP contribution >= 0.6 is 0 Å². The number of rotatable bonds is 7. The average Bonchev–Trinajstić information content (AvgIpc) is 3.33. The largest absolute Gasteiger partial charge is 0.344 e.